The zero-order valence-electron chi connectivity index (χ0n) is 11.9. The maximum absolute atomic E-state index is 11.3. The smallest absolute Gasteiger partial charge is 0.159 e. The predicted octanol–water partition coefficient (Wildman–Crippen LogP) is 4.61. The van der Waals surface area contributed by atoms with Gasteiger partial charge < -0.3 is 0 Å². The summed E-state index contributed by atoms with van der Waals surface area (Å²) in [7, 11) is -3.16. The lowest BCUT2D eigenvalue weighted by Crippen LogP contribution is -2.01. The van der Waals surface area contributed by atoms with Crippen LogP contribution in [0.1, 0.15) is 17.3 Å². The number of hydrogen-bond donors (Lipinski definition) is 2. The van der Waals surface area contributed by atoms with Crippen LogP contribution in [0.5, 0.6) is 0 Å². The van der Waals surface area contributed by atoms with Gasteiger partial charge in [0.25, 0.3) is 0 Å². The van der Waals surface area contributed by atoms with E-state index in [4.69, 9.17) is 0 Å². The molecule has 0 unspecified atom stereocenters. The molecule has 1 heterocycles. The van der Waals surface area contributed by atoms with Gasteiger partial charge in [-0.25, -0.2) is 0 Å². The Morgan fingerprint density at radius 2 is 1.68 bits per heavy atom. The van der Waals surface area contributed by atoms with Crippen LogP contribution in [-0.2, 0) is 0 Å². The fourth-order valence-corrected chi connectivity index (χ4v) is 3.82. The van der Waals surface area contributed by atoms with Crippen LogP contribution in [0.2, 0.25) is 0 Å². The summed E-state index contributed by atoms with van der Waals surface area (Å²) >= 11 is 0. The van der Waals surface area contributed by atoms with Crippen LogP contribution >= 0.6 is 10.6 Å². The maximum atomic E-state index is 11.3. The fraction of sp³-hybridized carbons (Fsp3) is 0.0588. The van der Waals surface area contributed by atoms with Crippen molar-refractivity contribution in [1.29, 1.82) is 0 Å². The molecule has 2 N–H and O–H groups in total. The first-order valence-corrected chi connectivity index (χ1v) is 8.28. The molecule has 0 fully saturated rings. The number of carbonyl (C=O) groups is 1. The van der Waals surface area contributed by atoms with Gasteiger partial charge in [-0.15, -0.1) is 10.6 Å². The average molecular weight is 313 g/mol. The van der Waals surface area contributed by atoms with Gasteiger partial charge in [-0.3, -0.25) is 18.9 Å². The van der Waals surface area contributed by atoms with Gasteiger partial charge in [0.15, 0.2) is 5.78 Å². The van der Waals surface area contributed by atoms with E-state index >= 15 is 0 Å². The second-order valence-corrected chi connectivity index (χ2v) is 6.96. The summed E-state index contributed by atoms with van der Waals surface area (Å²) in [5, 5.41) is 0.709. The number of hydrogen-bond acceptors (Lipinski definition) is 4. The number of fused-ring (bicyclic) bond motifs is 1. The highest BCUT2D eigenvalue weighted by Gasteiger charge is 2.21. The van der Waals surface area contributed by atoms with E-state index in [1.54, 1.807) is 36.5 Å². The van der Waals surface area contributed by atoms with Gasteiger partial charge in [-0.1, -0.05) is 18.2 Å². The Labute approximate surface area is 129 Å². The van der Waals surface area contributed by atoms with E-state index in [1.807, 2.05) is 24.3 Å². The van der Waals surface area contributed by atoms with E-state index in [0.717, 1.165) is 0 Å². The summed E-state index contributed by atoms with van der Waals surface area (Å²) in [6, 6.07) is 15.3. The van der Waals surface area contributed by atoms with Crippen LogP contribution in [0.4, 0.5) is 0 Å². The van der Waals surface area contributed by atoms with Crippen molar-refractivity contribution >= 4 is 27.3 Å². The molecule has 2 aromatic carbocycles. The Hall–Kier alpha value is -2.21. The number of benzene rings is 2. The van der Waals surface area contributed by atoms with E-state index in [0.29, 0.717) is 26.3 Å². The van der Waals surface area contributed by atoms with Crippen LogP contribution in [0.25, 0.3) is 10.9 Å². The number of rotatable bonds is 3. The summed E-state index contributed by atoms with van der Waals surface area (Å²) in [4.78, 5) is 16.4. The van der Waals surface area contributed by atoms with Crippen molar-refractivity contribution in [3.05, 3.63) is 66.4 Å². The second-order valence-electron chi connectivity index (χ2n) is 4.96. The minimum absolute atomic E-state index is 0.0580. The van der Waals surface area contributed by atoms with Crippen molar-refractivity contribution in [2.75, 3.05) is 0 Å². The SMILES string of the molecule is CC(=O)c1ccc(S(O)(O)c2ccnc3ccccc23)cc1. The highest BCUT2D eigenvalue weighted by molar-refractivity contribution is 8.24. The second kappa shape index (κ2) is 5.53. The van der Waals surface area contributed by atoms with E-state index in [1.165, 1.54) is 6.92 Å². The Morgan fingerprint density at radius 3 is 2.36 bits per heavy atom. The zero-order valence-corrected chi connectivity index (χ0v) is 12.7. The lowest BCUT2D eigenvalue weighted by Gasteiger charge is -2.33. The molecule has 1 aromatic heterocycles. The third-order valence-electron chi connectivity index (χ3n) is 3.51. The molecule has 3 aromatic rings. The van der Waals surface area contributed by atoms with Crippen LogP contribution in [0.3, 0.4) is 0 Å². The molecule has 0 aliphatic heterocycles. The molecule has 0 atom stereocenters. The molecular formula is C17H15NO3S. The molecule has 0 bridgehead atoms. The van der Waals surface area contributed by atoms with Crippen LogP contribution in [-0.4, -0.2) is 19.9 Å². The number of Topliss-reactive ketones (excluding diaryl/α,β-unsaturated/α-hetero) is 1. The average Bonchev–Trinajstić information content (AvgIpc) is 2.54. The van der Waals surface area contributed by atoms with Crippen LogP contribution in [0.15, 0.2) is 70.6 Å². The quantitative estimate of drug-likeness (QED) is 0.693. The molecule has 0 saturated heterocycles. The number of ketones is 1. The molecule has 0 radical (unpaired) electrons. The molecule has 0 aliphatic rings. The minimum atomic E-state index is -3.16. The summed E-state index contributed by atoms with van der Waals surface area (Å²) in [5.41, 5.74) is 1.25. The standard InChI is InChI=1S/C17H15NO3S/c1-12(19)13-6-8-14(9-7-13)22(20,21)17-10-11-18-16-5-3-2-4-15(16)17/h2-11,20-21H,1H3. The molecule has 22 heavy (non-hydrogen) atoms. The van der Waals surface area contributed by atoms with Crippen molar-refractivity contribution in [3.8, 4) is 0 Å². The normalized spacial score (nSPS) is 12.3. The summed E-state index contributed by atoms with van der Waals surface area (Å²) in [5.74, 6) is -0.0580. The third-order valence-corrected chi connectivity index (χ3v) is 5.40. The summed E-state index contributed by atoms with van der Waals surface area (Å²) in [6.45, 7) is 1.48. The molecule has 0 spiro atoms. The first kappa shape index (κ1) is 14.7. The van der Waals surface area contributed by atoms with Gasteiger partial charge in [-0.2, -0.15) is 0 Å². The fourth-order valence-electron chi connectivity index (χ4n) is 2.32. The predicted molar refractivity (Wildman–Crippen MR) is 87.6 cm³/mol. The van der Waals surface area contributed by atoms with Crippen LogP contribution < -0.4 is 0 Å². The van der Waals surface area contributed by atoms with Gasteiger partial charge >= 0.3 is 0 Å². The van der Waals surface area contributed by atoms with Gasteiger partial charge in [0.2, 0.25) is 0 Å². The first-order valence-electron chi connectivity index (χ1n) is 6.73. The van der Waals surface area contributed by atoms with E-state index in [-0.39, 0.29) is 5.78 Å². The molecule has 5 heteroatoms. The van der Waals surface area contributed by atoms with E-state index in [9.17, 15) is 13.9 Å². The Kier molecular flexibility index (Phi) is 3.70. The number of pyridine rings is 1. The maximum Gasteiger partial charge on any atom is 0.159 e. The molecule has 4 nitrogen and oxygen atoms in total. The van der Waals surface area contributed by atoms with Crippen molar-refractivity contribution in [1.82, 2.24) is 4.98 Å². The summed E-state index contributed by atoms with van der Waals surface area (Å²) < 4.78 is 21.4. The monoisotopic (exact) mass is 313 g/mol. The number of nitrogens with zero attached hydrogens (tertiary/aromatic N) is 1. The highest BCUT2D eigenvalue weighted by atomic mass is 32.3. The number of aromatic nitrogens is 1. The Balaban J connectivity index is 2.13. The van der Waals surface area contributed by atoms with E-state index < -0.39 is 10.6 Å². The zero-order chi connectivity index (χ0) is 15.7. The minimum Gasteiger partial charge on any atom is -0.295 e. The lowest BCUT2D eigenvalue weighted by atomic mass is 10.2. The number of carbonyl (C=O) groups excluding carboxylic acids is 1. The van der Waals surface area contributed by atoms with Crippen molar-refractivity contribution in [3.63, 3.8) is 0 Å². The topological polar surface area (TPSA) is 70.4 Å². The summed E-state index contributed by atoms with van der Waals surface area (Å²) in [6.07, 6.45) is 1.57. The molecule has 3 rings (SSSR count). The van der Waals surface area contributed by atoms with E-state index in [2.05, 4.69) is 4.98 Å². The Morgan fingerprint density at radius 1 is 1.00 bits per heavy atom. The third kappa shape index (κ3) is 2.50. The number of para-hydroxylation sites is 1. The van der Waals surface area contributed by atoms with Crippen molar-refractivity contribution < 1.29 is 13.9 Å². The molecule has 0 aliphatic carbocycles. The molecule has 0 saturated carbocycles. The van der Waals surface area contributed by atoms with Gasteiger partial charge in [-0.05, 0) is 43.3 Å². The van der Waals surface area contributed by atoms with Crippen LogP contribution in [0, 0.1) is 0 Å². The molecular weight excluding hydrogens is 298 g/mol. The molecule has 112 valence electrons. The molecule has 0 amide bonds. The highest BCUT2D eigenvalue weighted by Crippen LogP contribution is 2.57. The largest absolute Gasteiger partial charge is 0.295 e. The lowest BCUT2D eigenvalue weighted by molar-refractivity contribution is 0.101. The van der Waals surface area contributed by atoms with Crippen molar-refractivity contribution in [2.24, 2.45) is 0 Å². The van der Waals surface area contributed by atoms with Gasteiger partial charge in [0.1, 0.15) is 0 Å². The van der Waals surface area contributed by atoms with Gasteiger partial charge in [0, 0.05) is 17.1 Å². The Bertz CT molecular complexity index is 839. The van der Waals surface area contributed by atoms with Crippen molar-refractivity contribution in [2.45, 2.75) is 16.7 Å². The first-order chi connectivity index (χ1) is 10.5. The van der Waals surface area contributed by atoms with Gasteiger partial charge in [0.05, 0.1) is 15.3 Å².